The van der Waals surface area contributed by atoms with E-state index in [1.54, 1.807) is 0 Å². The molecule has 118 valence electrons. The Morgan fingerprint density at radius 1 is 1.19 bits per heavy atom. The van der Waals surface area contributed by atoms with Gasteiger partial charge in [-0.15, -0.1) is 0 Å². The molecule has 1 aromatic carbocycles. The third kappa shape index (κ3) is 7.25. The molecule has 4 heteroatoms. The lowest BCUT2D eigenvalue weighted by Crippen LogP contribution is -2.48. The zero-order chi connectivity index (χ0) is 15.7. The largest absolute Gasteiger partial charge is 0.354 e. The summed E-state index contributed by atoms with van der Waals surface area (Å²) in [5, 5.41) is 6.24. The molecular formula is C17H29N3O. The van der Waals surface area contributed by atoms with Crippen LogP contribution in [0.4, 0.5) is 0 Å². The highest BCUT2D eigenvalue weighted by molar-refractivity contribution is 5.81. The van der Waals surface area contributed by atoms with Crippen molar-refractivity contribution in [2.75, 3.05) is 13.1 Å². The number of rotatable bonds is 9. The summed E-state index contributed by atoms with van der Waals surface area (Å²) in [4.78, 5) is 12.0. The van der Waals surface area contributed by atoms with Crippen LogP contribution in [0, 0.1) is 5.92 Å². The predicted molar refractivity (Wildman–Crippen MR) is 88.1 cm³/mol. The fraction of sp³-hybridized carbons (Fsp3) is 0.588. The van der Waals surface area contributed by atoms with Crippen LogP contribution < -0.4 is 16.4 Å². The van der Waals surface area contributed by atoms with E-state index in [4.69, 9.17) is 5.73 Å². The predicted octanol–water partition coefficient (Wildman–Crippen LogP) is 1.70. The molecule has 4 N–H and O–H groups in total. The van der Waals surface area contributed by atoms with Crippen molar-refractivity contribution in [2.45, 2.75) is 45.7 Å². The smallest absolute Gasteiger partial charge is 0.237 e. The van der Waals surface area contributed by atoms with Crippen molar-refractivity contribution >= 4 is 5.91 Å². The highest BCUT2D eigenvalue weighted by atomic mass is 16.2. The third-order valence-electron chi connectivity index (χ3n) is 3.38. The number of amides is 1. The minimum atomic E-state index is -0.162. The molecule has 0 saturated carbocycles. The standard InChI is InChI=1S/C17H29N3O/c1-4-16(17(21)20-11-13(2)3)19-12-15(18)10-14-8-6-5-7-9-14/h5-9,13,15-16,19H,4,10-12,18H2,1-3H3,(H,20,21)/t15-,16?/m0/s1. The Morgan fingerprint density at radius 2 is 1.86 bits per heavy atom. The molecule has 0 aliphatic heterocycles. The lowest BCUT2D eigenvalue weighted by atomic mass is 10.1. The van der Waals surface area contributed by atoms with Gasteiger partial charge in [0.15, 0.2) is 0 Å². The van der Waals surface area contributed by atoms with Crippen LogP contribution in [0.15, 0.2) is 30.3 Å². The van der Waals surface area contributed by atoms with Crippen molar-refractivity contribution in [3.05, 3.63) is 35.9 Å². The molecule has 1 amide bonds. The van der Waals surface area contributed by atoms with Gasteiger partial charge in [-0.1, -0.05) is 51.1 Å². The lowest BCUT2D eigenvalue weighted by Gasteiger charge is -2.20. The van der Waals surface area contributed by atoms with Crippen LogP contribution >= 0.6 is 0 Å². The van der Waals surface area contributed by atoms with E-state index < -0.39 is 0 Å². The van der Waals surface area contributed by atoms with E-state index in [2.05, 4.69) is 36.6 Å². The number of hydrogen-bond donors (Lipinski definition) is 3. The van der Waals surface area contributed by atoms with Crippen molar-refractivity contribution < 1.29 is 4.79 Å². The number of nitrogens with two attached hydrogens (primary N) is 1. The molecule has 0 aliphatic rings. The van der Waals surface area contributed by atoms with Gasteiger partial charge in [-0.05, 0) is 24.3 Å². The summed E-state index contributed by atoms with van der Waals surface area (Å²) >= 11 is 0. The van der Waals surface area contributed by atoms with E-state index in [1.165, 1.54) is 5.56 Å². The molecule has 0 saturated heterocycles. The van der Waals surface area contributed by atoms with Gasteiger partial charge in [-0.25, -0.2) is 0 Å². The zero-order valence-electron chi connectivity index (χ0n) is 13.4. The van der Waals surface area contributed by atoms with Gasteiger partial charge in [0.25, 0.3) is 0 Å². The molecule has 0 heterocycles. The molecule has 0 spiro atoms. The van der Waals surface area contributed by atoms with Gasteiger partial charge >= 0.3 is 0 Å². The quantitative estimate of drug-likeness (QED) is 0.649. The lowest BCUT2D eigenvalue weighted by molar-refractivity contribution is -0.123. The highest BCUT2D eigenvalue weighted by Gasteiger charge is 2.16. The summed E-state index contributed by atoms with van der Waals surface area (Å²) in [7, 11) is 0. The van der Waals surface area contributed by atoms with Gasteiger partial charge in [-0.2, -0.15) is 0 Å². The van der Waals surface area contributed by atoms with Gasteiger partial charge in [0.1, 0.15) is 0 Å². The molecule has 1 aromatic rings. The Bertz CT molecular complexity index is 406. The minimum Gasteiger partial charge on any atom is -0.354 e. The Hall–Kier alpha value is -1.39. The van der Waals surface area contributed by atoms with Crippen molar-refractivity contribution in [1.82, 2.24) is 10.6 Å². The van der Waals surface area contributed by atoms with E-state index in [0.29, 0.717) is 19.0 Å². The molecule has 1 unspecified atom stereocenters. The molecule has 0 bridgehead atoms. The molecule has 0 aromatic heterocycles. The number of carbonyl (C=O) groups excluding carboxylic acids is 1. The van der Waals surface area contributed by atoms with Crippen LogP contribution in [0.3, 0.4) is 0 Å². The van der Waals surface area contributed by atoms with E-state index in [-0.39, 0.29) is 18.0 Å². The average molecular weight is 291 g/mol. The second-order valence-corrected chi connectivity index (χ2v) is 5.96. The van der Waals surface area contributed by atoms with Crippen molar-refractivity contribution in [3.8, 4) is 0 Å². The average Bonchev–Trinajstić information content (AvgIpc) is 2.46. The molecule has 0 fully saturated rings. The van der Waals surface area contributed by atoms with Crippen LogP contribution in [0.2, 0.25) is 0 Å². The van der Waals surface area contributed by atoms with Gasteiger partial charge in [0.2, 0.25) is 5.91 Å². The SMILES string of the molecule is CCC(NC[C@@H](N)Cc1ccccc1)C(=O)NCC(C)C. The number of carbonyl (C=O) groups is 1. The first-order valence-electron chi connectivity index (χ1n) is 7.83. The second kappa shape index (κ2) is 9.53. The molecule has 0 radical (unpaired) electrons. The summed E-state index contributed by atoms with van der Waals surface area (Å²) in [5.74, 6) is 0.532. The first-order valence-corrected chi connectivity index (χ1v) is 7.83. The fourth-order valence-electron chi connectivity index (χ4n) is 2.13. The molecular weight excluding hydrogens is 262 g/mol. The van der Waals surface area contributed by atoms with Gasteiger partial charge in [-0.3, -0.25) is 4.79 Å². The van der Waals surface area contributed by atoms with Crippen LogP contribution in [0.5, 0.6) is 0 Å². The monoisotopic (exact) mass is 291 g/mol. The molecule has 1 rings (SSSR count). The van der Waals surface area contributed by atoms with Crippen molar-refractivity contribution in [1.29, 1.82) is 0 Å². The number of nitrogens with one attached hydrogen (secondary N) is 2. The third-order valence-corrected chi connectivity index (χ3v) is 3.38. The van der Waals surface area contributed by atoms with Gasteiger partial charge in [0.05, 0.1) is 6.04 Å². The second-order valence-electron chi connectivity index (χ2n) is 5.96. The van der Waals surface area contributed by atoms with Gasteiger partial charge in [0, 0.05) is 19.1 Å². The van der Waals surface area contributed by atoms with Crippen LogP contribution in [0.1, 0.15) is 32.8 Å². The maximum absolute atomic E-state index is 12.0. The van der Waals surface area contributed by atoms with E-state index in [1.807, 2.05) is 25.1 Å². The van der Waals surface area contributed by atoms with Crippen LogP contribution in [0.25, 0.3) is 0 Å². The zero-order valence-corrected chi connectivity index (χ0v) is 13.4. The van der Waals surface area contributed by atoms with E-state index in [9.17, 15) is 4.79 Å². The van der Waals surface area contributed by atoms with E-state index in [0.717, 1.165) is 12.8 Å². The Balaban J connectivity index is 2.35. The Morgan fingerprint density at radius 3 is 2.43 bits per heavy atom. The highest BCUT2D eigenvalue weighted by Crippen LogP contribution is 2.02. The first-order chi connectivity index (χ1) is 10.0. The van der Waals surface area contributed by atoms with Crippen molar-refractivity contribution in [3.63, 3.8) is 0 Å². The molecule has 0 aliphatic carbocycles. The number of hydrogen-bond acceptors (Lipinski definition) is 3. The fourth-order valence-corrected chi connectivity index (χ4v) is 2.13. The molecule has 21 heavy (non-hydrogen) atoms. The van der Waals surface area contributed by atoms with Gasteiger partial charge < -0.3 is 16.4 Å². The molecule has 4 nitrogen and oxygen atoms in total. The number of benzene rings is 1. The summed E-state index contributed by atoms with van der Waals surface area (Å²) in [6, 6.07) is 10.0. The Labute approximate surface area is 128 Å². The molecule has 2 atom stereocenters. The maximum Gasteiger partial charge on any atom is 0.237 e. The normalized spacial score (nSPS) is 14.0. The topological polar surface area (TPSA) is 67.1 Å². The van der Waals surface area contributed by atoms with Crippen molar-refractivity contribution in [2.24, 2.45) is 11.7 Å². The summed E-state index contributed by atoms with van der Waals surface area (Å²) in [6.07, 6.45) is 1.58. The summed E-state index contributed by atoms with van der Waals surface area (Å²) in [5.41, 5.74) is 7.36. The summed E-state index contributed by atoms with van der Waals surface area (Å²) < 4.78 is 0. The van der Waals surface area contributed by atoms with E-state index >= 15 is 0 Å². The summed E-state index contributed by atoms with van der Waals surface area (Å²) in [6.45, 7) is 7.54. The maximum atomic E-state index is 12.0. The Kier molecular flexibility index (Phi) is 8.01. The minimum absolute atomic E-state index is 0.0133. The van der Waals surface area contributed by atoms with Crippen LogP contribution in [-0.2, 0) is 11.2 Å². The van der Waals surface area contributed by atoms with Crippen LogP contribution in [-0.4, -0.2) is 31.1 Å². The first kappa shape index (κ1) is 17.7.